The minimum absolute atomic E-state index is 0.539. The molecular formula is C13H15N3S. The van der Waals surface area contributed by atoms with Gasteiger partial charge in [0.1, 0.15) is 11.6 Å². The number of rotatable bonds is 3. The molecule has 0 aliphatic carbocycles. The van der Waals surface area contributed by atoms with E-state index in [4.69, 9.17) is 5.73 Å². The predicted octanol–water partition coefficient (Wildman–Crippen LogP) is 2.97. The van der Waals surface area contributed by atoms with E-state index < -0.39 is 0 Å². The number of hydrogen-bond donors (Lipinski definition) is 1. The first-order valence-electron chi connectivity index (χ1n) is 5.43. The molecule has 0 aliphatic rings. The Morgan fingerprint density at radius 1 is 1.18 bits per heavy atom. The van der Waals surface area contributed by atoms with E-state index in [-0.39, 0.29) is 0 Å². The monoisotopic (exact) mass is 245 g/mol. The van der Waals surface area contributed by atoms with E-state index in [1.807, 2.05) is 6.92 Å². The van der Waals surface area contributed by atoms with E-state index >= 15 is 0 Å². The van der Waals surface area contributed by atoms with E-state index in [9.17, 15) is 0 Å². The highest BCUT2D eigenvalue weighted by molar-refractivity contribution is 7.98. The largest absolute Gasteiger partial charge is 0.384 e. The average molecular weight is 245 g/mol. The number of nitrogens with zero attached hydrogens (tertiary/aromatic N) is 2. The number of hydrogen-bond acceptors (Lipinski definition) is 4. The maximum absolute atomic E-state index is 5.69. The fourth-order valence-electron chi connectivity index (χ4n) is 1.57. The van der Waals surface area contributed by atoms with Gasteiger partial charge in [0.15, 0.2) is 0 Å². The number of nitrogens with two attached hydrogens (primary N) is 1. The number of nitrogen functional groups attached to an aromatic ring is 1. The van der Waals surface area contributed by atoms with Crippen molar-refractivity contribution in [1.29, 1.82) is 0 Å². The van der Waals surface area contributed by atoms with Crippen LogP contribution < -0.4 is 5.73 Å². The number of anilines is 1. The minimum Gasteiger partial charge on any atom is -0.384 e. The highest BCUT2D eigenvalue weighted by Crippen LogP contribution is 2.22. The maximum Gasteiger partial charge on any atom is 0.141 e. The van der Waals surface area contributed by atoms with Crippen molar-refractivity contribution in [2.45, 2.75) is 24.5 Å². The van der Waals surface area contributed by atoms with Gasteiger partial charge in [-0.25, -0.2) is 9.97 Å². The Balaban J connectivity index is 2.07. The highest BCUT2D eigenvalue weighted by atomic mass is 32.2. The second kappa shape index (κ2) is 5.19. The summed E-state index contributed by atoms with van der Waals surface area (Å²) in [6.45, 7) is 4.02. The van der Waals surface area contributed by atoms with Crippen LogP contribution in [-0.4, -0.2) is 9.97 Å². The standard InChI is InChI=1S/C13H15N3S/c1-9-4-3-5-11(6-9)17-8-13-15-10(2)7-12(14)16-13/h3-7H,8H2,1-2H3,(H2,14,15,16). The highest BCUT2D eigenvalue weighted by Gasteiger charge is 2.01. The fraction of sp³-hybridized carbons (Fsp3) is 0.231. The van der Waals surface area contributed by atoms with Crippen LogP contribution in [0.1, 0.15) is 17.1 Å². The zero-order valence-electron chi connectivity index (χ0n) is 9.97. The molecule has 2 rings (SSSR count). The number of thioether (sulfide) groups is 1. The molecule has 0 aliphatic heterocycles. The molecule has 0 amide bonds. The lowest BCUT2D eigenvalue weighted by Gasteiger charge is -2.04. The minimum atomic E-state index is 0.539. The van der Waals surface area contributed by atoms with Crippen LogP contribution in [0.2, 0.25) is 0 Å². The molecule has 0 bridgehead atoms. The molecule has 3 nitrogen and oxygen atoms in total. The molecule has 0 spiro atoms. The molecule has 0 atom stereocenters. The molecule has 17 heavy (non-hydrogen) atoms. The van der Waals surface area contributed by atoms with Gasteiger partial charge in [-0.1, -0.05) is 17.7 Å². The Hall–Kier alpha value is -1.55. The van der Waals surface area contributed by atoms with Crippen molar-refractivity contribution in [1.82, 2.24) is 9.97 Å². The molecule has 1 aromatic heterocycles. The lowest BCUT2D eigenvalue weighted by molar-refractivity contribution is 1.00. The zero-order valence-corrected chi connectivity index (χ0v) is 10.8. The van der Waals surface area contributed by atoms with Crippen molar-refractivity contribution in [3.8, 4) is 0 Å². The molecule has 0 saturated carbocycles. The Bertz CT molecular complexity index is 506. The molecule has 1 aromatic carbocycles. The first-order valence-corrected chi connectivity index (χ1v) is 6.41. The molecule has 0 unspecified atom stereocenters. The number of aromatic nitrogens is 2. The van der Waals surface area contributed by atoms with Gasteiger partial charge < -0.3 is 5.73 Å². The van der Waals surface area contributed by atoms with Gasteiger partial charge in [-0.15, -0.1) is 11.8 Å². The van der Waals surface area contributed by atoms with Gasteiger partial charge in [-0.3, -0.25) is 0 Å². The van der Waals surface area contributed by atoms with Crippen LogP contribution in [0.3, 0.4) is 0 Å². The van der Waals surface area contributed by atoms with Crippen molar-refractivity contribution in [3.63, 3.8) is 0 Å². The smallest absolute Gasteiger partial charge is 0.141 e. The number of aryl methyl sites for hydroxylation is 2. The van der Waals surface area contributed by atoms with Crippen molar-refractivity contribution < 1.29 is 0 Å². The van der Waals surface area contributed by atoms with Crippen LogP contribution in [-0.2, 0) is 5.75 Å². The topological polar surface area (TPSA) is 51.8 Å². The second-order valence-electron chi connectivity index (χ2n) is 3.96. The van der Waals surface area contributed by atoms with Gasteiger partial charge >= 0.3 is 0 Å². The van der Waals surface area contributed by atoms with Crippen LogP contribution >= 0.6 is 11.8 Å². The molecule has 0 saturated heterocycles. The van der Waals surface area contributed by atoms with Crippen LogP contribution in [0.25, 0.3) is 0 Å². The van der Waals surface area contributed by atoms with Crippen LogP contribution in [0, 0.1) is 13.8 Å². The SMILES string of the molecule is Cc1cccc(SCc2nc(C)cc(N)n2)c1. The van der Waals surface area contributed by atoms with Crippen LogP contribution in [0.15, 0.2) is 35.2 Å². The third-order valence-corrected chi connectivity index (χ3v) is 3.27. The second-order valence-corrected chi connectivity index (χ2v) is 5.00. The molecular weight excluding hydrogens is 230 g/mol. The first-order chi connectivity index (χ1) is 8.13. The van der Waals surface area contributed by atoms with Crippen molar-refractivity contribution in [3.05, 3.63) is 47.4 Å². The van der Waals surface area contributed by atoms with Gasteiger partial charge in [0.25, 0.3) is 0 Å². The zero-order chi connectivity index (χ0) is 12.3. The molecule has 1 heterocycles. The Kier molecular flexibility index (Phi) is 3.64. The summed E-state index contributed by atoms with van der Waals surface area (Å²) in [5.41, 5.74) is 7.87. The van der Waals surface area contributed by atoms with E-state index in [0.29, 0.717) is 5.82 Å². The summed E-state index contributed by atoms with van der Waals surface area (Å²) in [7, 11) is 0. The first kappa shape index (κ1) is 11.9. The van der Waals surface area contributed by atoms with Crippen LogP contribution in [0.5, 0.6) is 0 Å². The quantitative estimate of drug-likeness (QED) is 0.845. The van der Waals surface area contributed by atoms with Crippen molar-refractivity contribution in [2.24, 2.45) is 0 Å². The molecule has 2 aromatic rings. The summed E-state index contributed by atoms with van der Waals surface area (Å²) >= 11 is 1.72. The van der Waals surface area contributed by atoms with Crippen molar-refractivity contribution >= 4 is 17.6 Å². The Labute approximate surface area is 105 Å². The number of benzene rings is 1. The fourth-order valence-corrected chi connectivity index (χ4v) is 2.44. The average Bonchev–Trinajstić information content (AvgIpc) is 2.25. The van der Waals surface area contributed by atoms with E-state index in [2.05, 4.69) is 41.2 Å². The van der Waals surface area contributed by atoms with Crippen LogP contribution in [0.4, 0.5) is 5.82 Å². The van der Waals surface area contributed by atoms with E-state index in [1.165, 1.54) is 10.5 Å². The molecule has 4 heteroatoms. The van der Waals surface area contributed by atoms with E-state index in [1.54, 1.807) is 17.8 Å². The lowest BCUT2D eigenvalue weighted by Crippen LogP contribution is -1.99. The van der Waals surface area contributed by atoms with Crippen molar-refractivity contribution in [2.75, 3.05) is 5.73 Å². The van der Waals surface area contributed by atoms with Gasteiger partial charge in [-0.2, -0.15) is 0 Å². The normalized spacial score (nSPS) is 10.5. The van der Waals surface area contributed by atoms with Gasteiger partial charge in [0, 0.05) is 16.7 Å². The summed E-state index contributed by atoms with van der Waals surface area (Å²) < 4.78 is 0. The lowest BCUT2D eigenvalue weighted by atomic mass is 10.2. The third kappa shape index (κ3) is 3.46. The Morgan fingerprint density at radius 2 is 2.00 bits per heavy atom. The molecule has 0 fully saturated rings. The van der Waals surface area contributed by atoms with E-state index in [0.717, 1.165) is 17.3 Å². The predicted molar refractivity (Wildman–Crippen MR) is 71.9 cm³/mol. The summed E-state index contributed by atoms with van der Waals surface area (Å²) in [5, 5.41) is 0. The Morgan fingerprint density at radius 3 is 2.71 bits per heavy atom. The maximum atomic E-state index is 5.69. The van der Waals surface area contributed by atoms with Gasteiger partial charge in [0.05, 0.1) is 5.75 Å². The third-order valence-electron chi connectivity index (χ3n) is 2.28. The van der Waals surface area contributed by atoms with Gasteiger partial charge in [-0.05, 0) is 26.0 Å². The summed E-state index contributed by atoms with van der Waals surface area (Å²) in [6.07, 6.45) is 0. The molecule has 2 N–H and O–H groups in total. The molecule has 88 valence electrons. The summed E-state index contributed by atoms with van der Waals surface area (Å²) in [5.74, 6) is 2.07. The molecule has 0 radical (unpaired) electrons. The summed E-state index contributed by atoms with van der Waals surface area (Å²) in [4.78, 5) is 9.81. The summed E-state index contributed by atoms with van der Waals surface area (Å²) in [6, 6.07) is 10.2. The van der Waals surface area contributed by atoms with Gasteiger partial charge in [0.2, 0.25) is 0 Å².